The highest BCUT2D eigenvalue weighted by atomic mass is 16.1. The van der Waals surface area contributed by atoms with Crippen molar-refractivity contribution in [3.8, 4) is 0 Å². The summed E-state index contributed by atoms with van der Waals surface area (Å²) in [7, 11) is 1.99. The molecule has 2 N–H and O–H groups in total. The molecule has 0 spiro atoms. The van der Waals surface area contributed by atoms with Gasteiger partial charge in [-0.1, -0.05) is 19.1 Å². The summed E-state index contributed by atoms with van der Waals surface area (Å²) in [6, 6.07) is 0. The molecule has 0 radical (unpaired) electrons. The molecular formula is C26H38N6O. The molecule has 3 rings (SSSR count). The van der Waals surface area contributed by atoms with E-state index < -0.39 is 0 Å². The van der Waals surface area contributed by atoms with Gasteiger partial charge in [-0.05, 0) is 72.3 Å². The van der Waals surface area contributed by atoms with Crippen molar-refractivity contribution in [1.29, 1.82) is 0 Å². The maximum atomic E-state index is 13.5. The zero-order valence-electron chi connectivity index (χ0n) is 21.2. The molecule has 33 heavy (non-hydrogen) atoms. The number of hydrogen-bond donors (Lipinski definition) is 2. The highest BCUT2D eigenvalue weighted by Crippen LogP contribution is 2.40. The van der Waals surface area contributed by atoms with Crippen molar-refractivity contribution in [2.24, 2.45) is 4.99 Å². The third kappa shape index (κ3) is 5.52. The van der Waals surface area contributed by atoms with E-state index in [0.717, 1.165) is 54.6 Å². The first-order chi connectivity index (χ1) is 15.5. The molecule has 1 aromatic rings. The molecule has 7 heteroatoms. The van der Waals surface area contributed by atoms with Crippen LogP contribution in [0, 0.1) is 0 Å². The van der Waals surface area contributed by atoms with Gasteiger partial charge < -0.3 is 15.5 Å². The van der Waals surface area contributed by atoms with E-state index in [9.17, 15) is 4.79 Å². The van der Waals surface area contributed by atoms with Crippen LogP contribution in [0.4, 0.5) is 11.6 Å². The molecule has 1 amide bonds. The van der Waals surface area contributed by atoms with Crippen LogP contribution in [0.25, 0.3) is 0 Å². The van der Waals surface area contributed by atoms with Crippen molar-refractivity contribution >= 4 is 23.8 Å². The fourth-order valence-corrected chi connectivity index (χ4v) is 3.72. The number of carbonyl (C=O) groups is 1. The first kappa shape index (κ1) is 24.7. The number of nitrogens with one attached hydrogen (secondary N) is 2. The minimum Gasteiger partial charge on any atom is -0.364 e. The maximum absolute atomic E-state index is 13.5. The van der Waals surface area contributed by atoms with E-state index in [-0.39, 0.29) is 17.0 Å². The molecule has 0 aliphatic heterocycles. The highest BCUT2D eigenvalue weighted by molar-refractivity contribution is 6.08. The number of aromatic nitrogens is 2. The zero-order chi connectivity index (χ0) is 24.4. The number of hydrogen-bond acceptors (Lipinski definition) is 6. The highest BCUT2D eigenvalue weighted by Gasteiger charge is 2.39. The number of carbonyl (C=O) groups excluding carboxylic acids is 1. The molecule has 0 saturated heterocycles. The molecular weight excluding hydrogens is 412 g/mol. The third-order valence-corrected chi connectivity index (χ3v) is 6.94. The first-order valence-electron chi connectivity index (χ1n) is 11.8. The van der Waals surface area contributed by atoms with E-state index in [0.29, 0.717) is 17.2 Å². The Bertz CT molecular complexity index is 1010. The molecule has 1 aromatic heterocycles. The summed E-state index contributed by atoms with van der Waals surface area (Å²) >= 11 is 0. The fraction of sp³-hybridized carbons (Fsp3) is 0.538. The number of amides is 1. The molecule has 1 heterocycles. The third-order valence-electron chi connectivity index (χ3n) is 6.94. The van der Waals surface area contributed by atoms with Crippen LogP contribution >= 0.6 is 0 Å². The molecule has 1 fully saturated rings. The lowest BCUT2D eigenvalue weighted by molar-refractivity contribution is -0.112. The Labute approximate surface area is 198 Å². The lowest BCUT2D eigenvalue weighted by Gasteiger charge is -2.34. The number of allylic oxidation sites excluding steroid dienone is 2. The summed E-state index contributed by atoms with van der Waals surface area (Å²) in [5.74, 6) is 1.17. The van der Waals surface area contributed by atoms with Crippen LogP contribution in [0.2, 0.25) is 0 Å². The molecule has 2 aliphatic rings. The first-order valence-corrected chi connectivity index (χ1v) is 11.8. The van der Waals surface area contributed by atoms with Gasteiger partial charge in [0.15, 0.2) is 0 Å². The smallest absolute Gasteiger partial charge is 0.256 e. The summed E-state index contributed by atoms with van der Waals surface area (Å²) < 4.78 is 0. The average Bonchev–Trinajstić information content (AvgIpc) is 3.51. The minimum atomic E-state index is -0.187. The van der Waals surface area contributed by atoms with Gasteiger partial charge in [-0.3, -0.25) is 4.79 Å². The largest absolute Gasteiger partial charge is 0.364 e. The normalized spacial score (nSPS) is 19.5. The van der Waals surface area contributed by atoms with Crippen LogP contribution in [0.1, 0.15) is 73.6 Å². The monoisotopic (exact) mass is 450 g/mol. The van der Waals surface area contributed by atoms with Crippen LogP contribution in [0.5, 0.6) is 0 Å². The number of nitrogens with zero attached hydrogens (tertiary/aromatic N) is 4. The molecule has 0 bridgehead atoms. The van der Waals surface area contributed by atoms with Gasteiger partial charge in [0, 0.05) is 35.5 Å². The van der Waals surface area contributed by atoms with E-state index >= 15 is 0 Å². The van der Waals surface area contributed by atoms with Gasteiger partial charge in [0.25, 0.3) is 5.91 Å². The Morgan fingerprint density at radius 3 is 2.48 bits per heavy atom. The molecule has 7 nitrogen and oxygen atoms in total. The Hall–Kier alpha value is -2.96. The second-order valence-electron chi connectivity index (χ2n) is 10.0. The minimum absolute atomic E-state index is 0.0318. The predicted octanol–water partition coefficient (Wildman–Crippen LogP) is 5.15. The van der Waals surface area contributed by atoms with Crippen molar-refractivity contribution in [3.63, 3.8) is 0 Å². The maximum Gasteiger partial charge on any atom is 0.256 e. The van der Waals surface area contributed by atoms with Crippen molar-refractivity contribution in [2.45, 2.75) is 84.7 Å². The van der Waals surface area contributed by atoms with Crippen LogP contribution in [-0.4, -0.2) is 40.2 Å². The number of anilines is 2. The van der Waals surface area contributed by atoms with Gasteiger partial charge in [-0.15, -0.1) is 0 Å². The van der Waals surface area contributed by atoms with Crippen LogP contribution < -0.4 is 15.5 Å². The molecule has 0 atom stereocenters. The van der Waals surface area contributed by atoms with E-state index in [1.165, 1.54) is 0 Å². The van der Waals surface area contributed by atoms with E-state index in [1.807, 2.05) is 20.9 Å². The summed E-state index contributed by atoms with van der Waals surface area (Å²) in [4.78, 5) is 29.1. The molecule has 0 unspecified atom stereocenters. The van der Waals surface area contributed by atoms with Crippen LogP contribution in [0.3, 0.4) is 0 Å². The topological polar surface area (TPSA) is 82.5 Å². The van der Waals surface area contributed by atoms with Gasteiger partial charge >= 0.3 is 0 Å². The summed E-state index contributed by atoms with van der Waals surface area (Å²) in [5.41, 5.74) is 3.94. The van der Waals surface area contributed by atoms with Crippen LogP contribution in [-0.2, 0) is 4.79 Å². The molecule has 2 aliphatic carbocycles. The average molecular weight is 451 g/mol. The summed E-state index contributed by atoms with van der Waals surface area (Å²) in [5, 5.41) is 6.55. The number of aliphatic imine (C=N–C) groups is 1. The SMILES string of the molecule is C=C1CCC(C)=C(C(=O)Nc2cnc(N(C)C(C)(C)CC)nc2)/C1=C(/N=C\C)NC1(C)CC1. The summed E-state index contributed by atoms with van der Waals surface area (Å²) in [6.45, 7) is 16.8. The lowest BCUT2D eigenvalue weighted by atomic mass is 9.84. The Balaban J connectivity index is 1.89. The van der Waals surface area contributed by atoms with Crippen molar-refractivity contribution in [1.82, 2.24) is 15.3 Å². The zero-order valence-corrected chi connectivity index (χ0v) is 21.2. The standard InChI is InChI=1S/C26H38N6O/c1-9-25(5,6)32(8)24-28-15-19(16-29-24)30-23(33)21-18(4)12-11-17(3)20(21)22(27-10-2)31-26(7)13-14-26/h10,15-16,31H,3,9,11-14H2,1-2,4-8H3,(H,30,33)/b22-20-,27-10-. The lowest BCUT2D eigenvalue weighted by Crippen LogP contribution is -2.41. The quantitative estimate of drug-likeness (QED) is 0.535. The molecule has 1 saturated carbocycles. The van der Waals surface area contributed by atoms with Gasteiger partial charge in [0.1, 0.15) is 5.82 Å². The second-order valence-corrected chi connectivity index (χ2v) is 10.0. The Kier molecular flexibility index (Phi) is 7.10. The number of rotatable bonds is 8. The summed E-state index contributed by atoms with van der Waals surface area (Å²) in [6.07, 6.45) is 9.84. The van der Waals surface area contributed by atoms with Crippen molar-refractivity contribution in [2.75, 3.05) is 17.3 Å². The Morgan fingerprint density at radius 1 is 1.30 bits per heavy atom. The molecule has 0 aromatic carbocycles. The Morgan fingerprint density at radius 2 is 1.94 bits per heavy atom. The van der Waals surface area contributed by atoms with E-state index in [2.05, 4.69) is 64.8 Å². The van der Waals surface area contributed by atoms with Gasteiger partial charge in [0.2, 0.25) is 5.95 Å². The van der Waals surface area contributed by atoms with E-state index in [4.69, 9.17) is 0 Å². The van der Waals surface area contributed by atoms with Gasteiger partial charge in [-0.2, -0.15) is 0 Å². The fourth-order valence-electron chi connectivity index (χ4n) is 3.72. The van der Waals surface area contributed by atoms with Gasteiger partial charge in [0.05, 0.1) is 18.1 Å². The molecule has 178 valence electrons. The van der Waals surface area contributed by atoms with Crippen LogP contribution in [0.15, 0.2) is 52.1 Å². The van der Waals surface area contributed by atoms with Gasteiger partial charge in [-0.25, -0.2) is 15.0 Å². The second kappa shape index (κ2) is 9.49. The van der Waals surface area contributed by atoms with Crippen molar-refractivity contribution in [3.05, 3.63) is 47.1 Å². The predicted molar refractivity (Wildman–Crippen MR) is 136 cm³/mol. The van der Waals surface area contributed by atoms with E-state index in [1.54, 1.807) is 18.6 Å². The van der Waals surface area contributed by atoms with Crippen molar-refractivity contribution < 1.29 is 4.79 Å².